The van der Waals surface area contributed by atoms with E-state index < -0.39 is 0 Å². The van der Waals surface area contributed by atoms with Crippen LogP contribution in [0.4, 0.5) is 0 Å². The second kappa shape index (κ2) is 6.18. The highest BCUT2D eigenvalue weighted by Crippen LogP contribution is 2.27. The van der Waals surface area contributed by atoms with Gasteiger partial charge >= 0.3 is 0 Å². The van der Waals surface area contributed by atoms with E-state index in [1.54, 1.807) is 0 Å². The summed E-state index contributed by atoms with van der Waals surface area (Å²) in [5, 5.41) is 6.19. The summed E-state index contributed by atoms with van der Waals surface area (Å²) < 4.78 is 0. The Morgan fingerprint density at radius 2 is 2.14 bits per heavy atom. The fourth-order valence-corrected chi connectivity index (χ4v) is 3.68. The smallest absolute Gasteiger partial charge is 0.273 e. The first-order chi connectivity index (χ1) is 10.6. The summed E-state index contributed by atoms with van der Waals surface area (Å²) in [6, 6.07) is 8.64. The van der Waals surface area contributed by atoms with E-state index >= 15 is 0 Å². The molecular formula is C17H21N3OS. The average molecular weight is 315 g/mol. The number of piperazine rings is 1. The maximum absolute atomic E-state index is 12.7. The van der Waals surface area contributed by atoms with Crippen molar-refractivity contribution in [1.29, 1.82) is 0 Å². The number of carbonyl (C=O) groups excluding carboxylic acids is 1. The highest BCUT2D eigenvalue weighted by Gasteiger charge is 2.30. The maximum atomic E-state index is 12.7. The van der Waals surface area contributed by atoms with Crippen molar-refractivity contribution in [3.63, 3.8) is 0 Å². The Kier molecular flexibility index (Phi) is 4.27. The molecule has 1 aliphatic rings. The molecule has 1 fully saturated rings. The summed E-state index contributed by atoms with van der Waals surface area (Å²) in [6.45, 7) is 7.85. The van der Waals surface area contributed by atoms with Crippen LogP contribution < -0.4 is 5.32 Å². The molecular weight excluding hydrogens is 294 g/mol. The van der Waals surface area contributed by atoms with Gasteiger partial charge in [-0.05, 0) is 26.3 Å². The summed E-state index contributed by atoms with van der Waals surface area (Å²) >= 11 is 1.54. The van der Waals surface area contributed by atoms with Crippen molar-refractivity contribution < 1.29 is 4.79 Å². The second-order valence-electron chi connectivity index (χ2n) is 5.83. The third kappa shape index (κ3) is 2.78. The van der Waals surface area contributed by atoms with Gasteiger partial charge in [0, 0.05) is 36.1 Å². The molecule has 0 aliphatic carbocycles. The Morgan fingerprint density at radius 1 is 1.36 bits per heavy atom. The van der Waals surface area contributed by atoms with Gasteiger partial charge in [-0.15, -0.1) is 11.3 Å². The SMILES string of the molecule is Cc1ccccc1-c1nc(C(=O)N2CCNC(C)C2C)cs1. The monoisotopic (exact) mass is 315 g/mol. The third-order valence-electron chi connectivity index (χ3n) is 4.39. The molecule has 0 spiro atoms. The zero-order valence-electron chi connectivity index (χ0n) is 13.2. The molecule has 116 valence electrons. The van der Waals surface area contributed by atoms with Crippen molar-refractivity contribution in [3.05, 3.63) is 40.9 Å². The summed E-state index contributed by atoms with van der Waals surface area (Å²) in [4.78, 5) is 19.2. The minimum absolute atomic E-state index is 0.0388. The van der Waals surface area contributed by atoms with Gasteiger partial charge in [0.15, 0.2) is 0 Å². The summed E-state index contributed by atoms with van der Waals surface area (Å²) in [6.07, 6.45) is 0. The number of amides is 1. The van der Waals surface area contributed by atoms with Crippen LogP contribution in [-0.4, -0.2) is 41.0 Å². The van der Waals surface area contributed by atoms with Gasteiger partial charge in [0.05, 0.1) is 0 Å². The van der Waals surface area contributed by atoms with Crippen molar-refractivity contribution in [2.45, 2.75) is 32.9 Å². The highest BCUT2D eigenvalue weighted by molar-refractivity contribution is 7.13. The highest BCUT2D eigenvalue weighted by atomic mass is 32.1. The van der Waals surface area contributed by atoms with Crippen molar-refractivity contribution in [3.8, 4) is 10.6 Å². The largest absolute Gasteiger partial charge is 0.332 e. The molecule has 0 radical (unpaired) electrons. The number of nitrogens with one attached hydrogen (secondary N) is 1. The van der Waals surface area contributed by atoms with Gasteiger partial charge in [0.25, 0.3) is 5.91 Å². The predicted octanol–water partition coefficient (Wildman–Crippen LogP) is 2.94. The van der Waals surface area contributed by atoms with E-state index in [0.29, 0.717) is 11.7 Å². The summed E-state index contributed by atoms with van der Waals surface area (Å²) in [5.74, 6) is 0.0388. The zero-order valence-corrected chi connectivity index (χ0v) is 14.0. The molecule has 2 aromatic rings. The van der Waals surface area contributed by atoms with Gasteiger partial charge in [-0.2, -0.15) is 0 Å². The number of benzene rings is 1. The standard InChI is InChI=1S/C17H21N3OS/c1-11-6-4-5-7-14(11)16-19-15(10-22-16)17(21)20-9-8-18-12(2)13(20)3/h4-7,10,12-13,18H,8-9H2,1-3H3. The Bertz CT molecular complexity index is 682. The maximum Gasteiger partial charge on any atom is 0.273 e. The van der Waals surface area contributed by atoms with E-state index in [0.717, 1.165) is 23.7 Å². The van der Waals surface area contributed by atoms with Crippen LogP contribution in [0.15, 0.2) is 29.6 Å². The number of aryl methyl sites for hydroxylation is 1. The van der Waals surface area contributed by atoms with Crippen LogP contribution in [0.5, 0.6) is 0 Å². The van der Waals surface area contributed by atoms with E-state index in [-0.39, 0.29) is 11.9 Å². The van der Waals surface area contributed by atoms with Crippen molar-refractivity contribution in [1.82, 2.24) is 15.2 Å². The average Bonchev–Trinajstić information content (AvgIpc) is 2.99. The normalized spacial score (nSPS) is 21.9. The van der Waals surface area contributed by atoms with Crippen LogP contribution in [0.25, 0.3) is 10.6 Å². The molecule has 1 aromatic carbocycles. The van der Waals surface area contributed by atoms with Gasteiger partial charge in [-0.25, -0.2) is 4.98 Å². The number of carbonyl (C=O) groups is 1. The molecule has 22 heavy (non-hydrogen) atoms. The van der Waals surface area contributed by atoms with Crippen molar-refractivity contribution in [2.75, 3.05) is 13.1 Å². The quantitative estimate of drug-likeness (QED) is 0.927. The zero-order chi connectivity index (χ0) is 15.7. The lowest BCUT2D eigenvalue weighted by Gasteiger charge is -2.38. The van der Waals surface area contributed by atoms with E-state index in [1.165, 1.54) is 16.9 Å². The number of hydrogen-bond acceptors (Lipinski definition) is 4. The fraction of sp³-hybridized carbons (Fsp3) is 0.412. The van der Waals surface area contributed by atoms with Gasteiger partial charge in [-0.3, -0.25) is 4.79 Å². The van der Waals surface area contributed by atoms with Crippen LogP contribution in [0.1, 0.15) is 29.9 Å². The molecule has 4 nitrogen and oxygen atoms in total. The van der Waals surface area contributed by atoms with Crippen LogP contribution in [0.2, 0.25) is 0 Å². The molecule has 3 rings (SSSR count). The molecule has 5 heteroatoms. The summed E-state index contributed by atoms with van der Waals surface area (Å²) in [7, 11) is 0. The molecule has 1 aliphatic heterocycles. The molecule has 0 bridgehead atoms. The van der Waals surface area contributed by atoms with E-state index in [1.807, 2.05) is 22.4 Å². The Hall–Kier alpha value is -1.72. The first-order valence-corrected chi connectivity index (χ1v) is 8.52. The molecule has 2 heterocycles. The number of aromatic nitrogens is 1. The molecule has 1 saturated heterocycles. The lowest BCUT2D eigenvalue weighted by atomic mass is 10.1. The molecule has 2 unspecified atom stereocenters. The Balaban J connectivity index is 1.85. The molecule has 1 N–H and O–H groups in total. The Labute approximate surface area is 135 Å². The molecule has 0 saturated carbocycles. The Morgan fingerprint density at radius 3 is 2.91 bits per heavy atom. The van der Waals surface area contributed by atoms with Crippen LogP contribution in [-0.2, 0) is 0 Å². The second-order valence-corrected chi connectivity index (χ2v) is 6.69. The van der Waals surface area contributed by atoms with Crippen molar-refractivity contribution >= 4 is 17.2 Å². The molecule has 2 atom stereocenters. The number of nitrogens with zero attached hydrogens (tertiary/aromatic N) is 2. The third-order valence-corrected chi connectivity index (χ3v) is 5.27. The lowest BCUT2D eigenvalue weighted by Crippen LogP contribution is -2.57. The van der Waals surface area contributed by atoms with Crippen LogP contribution in [0.3, 0.4) is 0 Å². The van der Waals surface area contributed by atoms with Gasteiger partial charge in [0.1, 0.15) is 10.7 Å². The first kappa shape index (κ1) is 15.2. The van der Waals surface area contributed by atoms with E-state index in [4.69, 9.17) is 0 Å². The minimum atomic E-state index is 0.0388. The topological polar surface area (TPSA) is 45.2 Å². The first-order valence-electron chi connectivity index (χ1n) is 7.64. The van der Waals surface area contributed by atoms with Crippen molar-refractivity contribution in [2.24, 2.45) is 0 Å². The fourth-order valence-electron chi connectivity index (χ4n) is 2.80. The lowest BCUT2D eigenvalue weighted by molar-refractivity contribution is 0.0598. The predicted molar refractivity (Wildman–Crippen MR) is 90.3 cm³/mol. The summed E-state index contributed by atoms with van der Waals surface area (Å²) in [5.41, 5.74) is 2.84. The molecule has 1 amide bonds. The number of hydrogen-bond donors (Lipinski definition) is 1. The molecule has 1 aromatic heterocycles. The van der Waals surface area contributed by atoms with Gasteiger partial charge in [0.2, 0.25) is 0 Å². The van der Waals surface area contributed by atoms with Gasteiger partial charge in [-0.1, -0.05) is 24.3 Å². The van der Waals surface area contributed by atoms with Crippen LogP contribution >= 0.6 is 11.3 Å². The van der Waals surface area contributed by atoms with E-state index in [9.17, 15) is 4.79 Å². The number of thiazole rings is 1. The van der Waals surface area contributed by atoms with Gasteiger partial charge < -0.3 is 10.2 Å². The van der Waals surface area contributed by atoms with Crippen LogP contribution in [0, 0.1) is 6.92 Å². The van der Waals surface area contributed by atoms with E-state index in [2.05, 4.69) is 43.2 Å². The number of rotatable bonds is 2. The minimum Gasteiger partial charge on any atom is -0.332 e.